The molecule has 0 aliphatic carbocycles. The van der Waals surface area contributed by atoms with E-state index in [2.05, 4.69) is 22.2 Å². The van der Waals surface area contributed by atoms with E-state index in [0.717, 1.165) is 16.7 Å². The third-order valence-electron chi connectivity index (χ3n) is 3.81. The van der Waals surface area contributed by atoms with Gasteiger partial charge in [-0.05, 0) is 44.4 Å². The van der Waals surface area contributed by atoms with E-state index < -0.39 is 21.2 Å². The van der Waals surface area contributed by atoms with Crippen molar-refractivity contribution in [2.45, 2.75) is 45.1 Å². The normalized spacial score (nSPS) is 11.7. The first-order chi connectivity index (χ1) is 12.3. The quantitative estimate of drug-likeness (QED) is 0.563. The molecular formula is C17H19N5O4S-2. The van der Waals surface area contributed by atoms with Crippen LogP contribution in [0.4, 0.5) is 0 Å². The summed E-state index contributed by atoms with van der Waals surface area (Å²) in [4.78, 5) is 3.94. The molecule has 0 radical (unpaired) electrons. The van der Waals surface area contributed by atoms with Crippen LogP contribution in [0.2, 0.25) is 0 Å². The Morgan fingerprint density at radius 1 is 1.04 bits per heavy atom. The molecule has 0 atom stereocenters. The first-order valence-corrected chi connectivity index (χ1v) is 9.08. The average Bonchev–Trinajstić information content (AvgIpc) is 3.06. The maximum absolute atomic E-state index is 9.40. The van der Waals surface area contributed by atoms with Crippen molar-refractivity contribution in [1.82, 2.24) is 14.8 Å². The second-order valence-electron chi connectivity index (χ2n) is 6.89. The van der Waals surface area contributed by atoms with E-state index in [1.54, 1.807) is 11.0 Å². The second kappa shape index (κ2) is 8.27. The first-order valence-electron chi connectivity index (χ1n) is 7.75. The molecule has 1 heterocycles. The summed E-state index contributed by atoms with van der Waals surface area (Å²) < 4.78 is 35.8. The van der Waals surface area contributed by atoms with E-state index in [0.29, 0.717) is 6.54 Å². The molecular weight excluding hydrogens is 370 g/mol. The molecule has 0 saturated carbocycles. The molecule has 0 spiro atoms. The van der Waals surface area contributed by atoms with Crippen LogP contribution in [0.5, 0.6) is 0 Å². The van der Waals surface area contributed by atoms with Gasteiger partial charge in [0.2, 0.25) is 0 Å². The van der Waals surface area contributed by atoms with Gasteiger partial charge in [-0.25, -0.2) is 9.67 Å². The van der Waals surface area contributed by atoms with Gasteiger partial charge < -0.3 is 9.11 Å². The van der Waals surface area contributed by atoms with E-state index in [9.17, 15) is 10.5 Å². The highest BCUT2D eigenvalue weighted by molar-refractivity contribution is 7.79. The Balaban J connectivity index is 0.000000646. The summed E-state index contributed by atoms with van der Waals surface area (Å²) in [6, 6.07) is 10.6. The van der Waals surface area contributed by atoms with Crippen LogP contribution in [0, 0.1) is 22.7 Å². The van der Waals surface area contributed by atoms with Crippen LogP contribution in [-0.2, 0) is 27.8 Å². The topological polar surface area (TPSA) is 159 Å². The highest BCUT2D eigenvalue weighted by atomic mass is 32.3. The number of benzene rings is 1. The van der Waals surface area contributed by atoms with Crippen LogP contribution in [0.3, 0.4) is 0 Å². The Hall–Kier alpha value is -2.79. The van der Waals surface area contributed by atoms with Crippen molar-refractivity contribution in [1.29, 1.82) is 10.5 Å². The number of rotatable bonds is 4. The highest BCUT2D eigenvalue weighted by Gasteiger charge is 2.26. The minimum Gasteiger partial charge on any atom is -0.759 e. The van der Waals surface area contributed by atoms with Crippen molar-refractivity contribution < 1.29 is 17.5 Å². The van der Waals surface area contributed by atoms with Gasteiger partial charge in [-0.15, -0.1) is 0 Å². The van der Waals surface area contributed by atoms with Crippen molar-refractivity contribution in [2.24, 2.45) is 0 Å². The van der Waals surface area contributed by atoms with Gasteiger partial charge in [0.15, 0.2) is 0 Å². The average molecular weight is 389 g/mol. The van der Waals surface area contributed by atoms with Crippen LogP contribution in [0.15, 0.2) is 30.9 Å². The Morgan fingerprint density at radius 3 is 1.81 bits per heavy atom. The molecule has 0 aliphatic heterocycles. The lowest BCUT2D eigenvalue weighted by Crippen LogP contribution is -2.20. The zero-order valence-corrected chi connectivity index (χ0v) is 16.2. The minimum absolute atomic E-state index is 0.559. The highest BCUT2D eigenvalue weighted by Crippen LogP contribution is 2.30. The van der Waals surface area contributed by atoms with Crippen LogP contribution < -0.4 is 0 Å². The predicted octanol–water partition coefficient (Wildman–Crippen LogP) is 1.59. The summed E-state index contributed by atoms with van der Waals surface area (Å²) in [6.07, 6.45) is 3.14. The van der Waals surface area contributed by atoms with Crippen LogP contribution in [0.1, 0.15) is 44.4 Å². The van der Waals surface area contributed by atoms with Crippen molar-refractivity contribution in [3.05, 3.63) is 47.5 Å². The zero-order valence-electron chi connectivity index (χ0n) is 15.4. The Morgan fingerprint density at radius 2 is 1.48 bits per heavy atom. The molecule has 0 aliphatic rings. The molecule has 0 bridgehead atoms. The first kappa shape index (κ1) is 22.3. The Kier molecular flexibility index (Phi) is 6.81. The molecule has 0 saturated heterocycles. The van der Waals surface area contributed by atoms with Gasteiger partial charge in [0.25, 0.3) is 0 Å². The molecule has 144 valence electrons. The van der Waals surface area contributed by atoms with Crippen molar-refractivity contribution >= 4 is 10.4 Å². The number of aromatic nitrogens is 3. The maximum atomic E-state index is 9.40. The maximum Gasteiger partial charge on any atom is 0.137 e. The summed E-state index contributed by atoms with van der Waals surface area (Å²) in [5.41, 5.74) is 1.60. The van der Waals surface area contributed by atoms with Gasteiger partial charge in [0.05, 0.1) is 29.5 Å². The molecule has 9 nitrogen and oxygen atoms in total. The number of hydrogen-bond donors (Lipinski definition) is 0. The largest absolute Gasteiger partial charge is 0.759 e. The van der Waals surface area contributed by atoms with Crippen LogP contribution in [0.25, 0.3) is 0 Å². The molecule has 2 rings (SSSR count). The fraction of sp³-hybridized carbons (Fsp3) is 0.412. The molecule has 0 N–H and O–H groups in total. The third-order valence-corrected chi connectivity index (χ3v) is 3.81. The van der Waals surface area contributed by atoms with E-state index >= 15 is 0 Å². The lowest BCUT2D eigenvalue weighted by Gasteiger charge is -2.23. The molecule has 27 heavy (non-hydrogen) atoms. The lowest BCUT2D eigenvalue weighted by molar-refractivity contribution is 0.352. The molecule has 1 aromatic heterocycles. The molecule has 10 heteroatoms. The number of hydrogen-bond acceptors (Lipinski definition) is 8. The van der Waals surface area contributed by atoms with Gasteiger partial charge in [0.1, 0.15) is 12.7 Å². The van der Waals surface area contributed by atoms with Crippen molar-refractivity contribution in [3.63, 3.8) is 0 Å². The molecule has 2 aromatic rings. The standard InChI is InChI=1S/C17H19N5.H2O4S/c1-16(2,9-18)14-5-13(8-22-12-20-11-21-22)6-15(7-14)17(3,4)10-19;1-5(2,3)4/h5-7,11-12H,8H2,1-4H3;(H2,1,2,3,4)/p-2. The fourth-order valence-corrected chi connectivity index (χ4v) is 2.14. The minimum atomic E-state index is -5.17. The van der Waals surface area contributed by atoms with E-state index in [-0.39, 0.29) is 0 Å². The van der Waals surface area contributed by atoms with Crippen LogP contribution >= 0.6 is 0 Å². The monoisotopic (exact) mass is 389 g/mol. The smallest absolute Gasteiger partial charge is 0.137 e. The number of nitriles is 2. The molecule has 1 aromatic carbocycles. The van der Waals surface area contributed by atoms with Crippen molar-refractivity contribution in [2.75, 3.05) is 0 Å². The molecule has 0 unspecified atom stereocenters. The third kappa shape index (κ3) is 7.15. The zero-order chi connectivity index (χ0) is 20.9. The van der Waals surface area contributed by atoms with Crippen molar-refractivity contribution in [3.8, 4) is 12.1 Å². The van der Waals surface area contributed by atoms with Gasteiger partial charge in [0, 0.05) is 10.4 Å². The van der Waals surface area contributed by atoms with E-state index in [4.69, 9.17) is 17.5 Å². The lowest BCUT2D eigenvalue weighted by atomic mass is 9.79. The summed E-state index contributed by atoms with van der Waals surface area (Å²) in [5.74, 6) is 0. The molecule has 0 amide bonds. The van der Waals surface area contributed by atoms with E-state index in [1.165, 1.54) is 6.33 Å². The van der Waals surface area contributed by atoms with Gasteiger partial charge in [-0.3, -0.25) is 8.42 Å². The van der Waals surface area contributed by atoms with E-state index in [1.807, 2.05) is 45.9 Å². The summed E-state index contributed by atoms with van der Waals surface area (Å²) >= 11 is 0. The Bertz CT molecular complexity index is 915. The second-order valence-corrected chi connectivity index (χ2v) is 7.71. The van der Waals surface area contributed by atoms with Gasteiger partial charge >= 0.3 is 0 Å². The summed E-state index contributed by atoms with van der Waals surface area (Å²) in [7, 11) is -5.17. The number of nitrogens with zero attached hydrogens (tertiary/aromatic N) is 5. The predicted molar refractivity (Wildman–Crippen MR) is 93.3 cm³/mol. The molecule has 0 fully saturated rings. The van der Waals surface area contributed by atoms with Crippen LogP contribution in [-0.4, -0.2) is 32.3 Å². The Labute approximate surface area is 158 Å². The summed E-state index contributed by atoms with van der Waals surface area (Å²) in [6.45, 7) is 8.08. The van der Waals surface area contributed by atoms with Gasteiger partial charge in [-0.2, -0.15) is 15.6 Å². The SMILES string of the molecule is CC(C)(C#N)c1cc(Cn2cncn2)cc(C(C)(C)C#N)c1.O=S(=O)([O-])[O-]. The fourth-order valence-electron chi connectivity index (χ4n) is 2.14. The van der Waals surface area contributed by atoms with Gasteiger partial charge in [-0.1, -0.05) is 18.2 Å². The summed E-state index contributed by atoms with van der Waals surface area (Å²) in [5, 5.41) is 22.9.